The van der Waals surface area contributed by atoms with E-state index < -0.39 is 0 Å². The molecule has 0 aliphatic carbocycles. The third kappa shape index (κ3) is 4.32. The molecule has 0 aromatic carbocycles. The number of rotatable bonds is 10. The zero-order chi connectivity index (χ0) is 15.0. The Labute approximate surface area is 124 Å². The second-order valence-electron chi connectivity index (χ2n) is 5.61. The van der Waals surface area contributed by atoms with E-state index in [9.17, 15) is 0 Å². The number of aromatic nitrogens is 2. The van der Waals surface area contributed by atoms with Crippen LogP contribution in [0.1, 0.15) is 65.1 Å². The Kier molecular flexibility index (Phi) is 7.85. The molecular formula is C16H32N4. The summed E-state index contributed by atoms with van der Waals surface area (Å²) in [6.45, 7) is 11.8. The van der Waals surface area contributed by atoms with E-state index in [4.69, 9.17) is 5.73 Å². The minimum atomic E-state index is 0.283. The highest BCUT2D eigenvalue weighted by atomic mass is 15.2. The quantitative estimate of drug-likeness (QED) is 0.716. The molecule has 20 heavy (non-hydrogen) atoms. The van der Waals surface area contributed by atoms with E-state index in [1.54, 1.807) is 0 Å². The molecule has 1 aromatic heterocycles. The topological polar surface area (TPSA) is 47.1 Å². The first kappa shape index (κ1) is 17.2. The van der Waals surface area contributed by atoms with Gasteiger partial charge < -0.3 is 10.3 Å². The van der Waals surface area contributed by atoms with Gasteiger partial charge in [0.1, 0.15) is 0 Å². The molecule has 1 heterocycles. The lowest BCUT2D eigenvalue weighted by atomic mass is 10.1. The first-order chi connectivity index (χ1) is 9.69. The Morgan fingerprint density at radius 2 is 2.05 bits per heavy atom. The number of aryl methyl sites for hydroxylation is 1. The van der Waals surface area contributed by atoms with Crippen molar-refractivity contribution < 1.29 is 0 Å². The summed E-state index contributed by atoms with van der Waals surface area (Å²) < 4.78 is 2.26. The molecule has 2 unspecified atom stereocenters. The van der Waals surface area contributed by atoms with Crippen molar-refractivity contribution in [3.05, 3.63) is 18.2 Å². The molecule has 0 bridgehead atoms. The minimum Gasteiger partial charge on any atom is -0.333 e. The van der Waals surface area contributed by atoms with E-state index in [-0.39, 0.29) is 6.04 Å². The summed E-state index contributed by atoms with van der Waals surface area (Å²) in [5.41, 5.74) is 7.38. The molecule has 0 aliphatic rings. The number of hydrogen-bond acceptors (Lipinski definition) is 3. The second kappa shape index (κ2) is 9.14. The second-order valence-corrected chi connectivity index (χ2v) is 5.61. The molecule has 1 rings (SSSR count). The van der Waals surface area contributed by atoms with Crippen LogP contribution in [0, 0.1) is 0 Å². The molecule has 0 radical (unpaired) electrons. The predicted molar refractivity (Wildman–Crippen MR) is 85.7 cm³/mol. The summed E-state index contributed by atoms with van der Waals surface area (Å²) in [5, 5.41) is 0. The van der Waals surface area contributed by atoms with Crippen molar-refractivity contribution in [2.75, 3.05) is 13.1 Å². The maximum Gasteiger partial charge on any atom is 0.0948 e. The van der Waals surface area contributed by atoms with E-state index >= 15 is 0 Å². The summed E-state index contributed by atoms with van der Waals surface area (Å²) in [5.74, 6) is 0. The van der Waals surface area contributed by atoms with Gasteiger partial charge in [-0.05, 0) is 32.7 Å². The van der Waals surface area contributed by atoms with Gasteiger partial charge >= 0.3 is 0 Å². The van der Waals surface area contributed by atoms with E-state index in [1.807, 2.05) is 12.5 Å². The molecular weight excluding hydrogens is 248 g/mol. The number of imidazole rings is 1. The molecule has 0 saturated carbocycles. The first-order valence-corrected chi connectivity index (χ1v) is 8.15. The van der Waals surface area contributed by atoms with Crippen LogP contribution in [-0.4, -0.2) is 33.6 Å². The third-order valence-corrected chi connectivity index (χ3v) is 4.10. The maximum absolute atomic E-state index is 6.11. The lowest BCUT2D eigenvalue weighted by Gasteiger charge is -2.36. The zero-order valence-electron chi connectivity index (χ0n) is 13.7. The lowest BCUT2D eigenvalue weighted by Crippen LogP contribution is -2.41. The van der Waals surface area contributed by atoms with Gasteiger partial charge in [0.2, 0.25) is 0 Å². The Hall–Kier alpha value is -0.870. The van der Waals surface area contributed by atoms with Crippen LogP contribution in [0.5, 0.6) is 0 Å². The van der Waals surface area contributed by atoms with Crippen molar-refractivity contribution in [1.29, 1.82) is 0 Å². The summed E-state index contributed by atoms with van der Waals surface area (Å²) in [7, 11) is 0. The van der Waals surface area contributed by atoms with Crippen LogP contribution in [0.25, 0.3) is 0 Å². The fourth-order valence-electron chi connectivity index (χ4n) is 2.72. The van der Waals surface area contributed by atoms with E-state index in [0.29, 0.717) is 12.6 Å². The monoisotopic (exact) mass is 280 g/mol. The molecule has 0 saturated heterocycles. The van der Waals surface area contributed by atoms with Crippen molar-refractivity contribution in [2.45, 2.75) is 72.0 Å². The van der Waals surface area contributed by atoms with Gasteiger partial charge in [-0.25, -0.2) is 4.98 Å². The lowest BCUT2D eigenvalue weighted by molar-refractivity contribution is 0.135. The van der Waals surface area contributed by atoms with Crippen LogP contribution in [0.3, 0.4) is 0 Å². The van der Waals surface area contributed by atoms with Crippen molar-refractivity contribution in [3.8, 4) is 0 Å². The van der Waals surface area contributed by atoms with Gasteiger partial charge in [0.05, 0.1) is 18.1 Å². The SMILES string of the molecule is CCCCN(C(C)CC)C(CN)c1cncn1CCC. The van der Waals surface area contributed by atoms with Crippen molar-refractivity contribution in [1.82, 2.24) is 14.5 Å². The molecule has 2 N–H and O–H groups in total. The normalized spacial score (nSPS) is 14.7. The van der Waals surface area contributed by atoms with E-state index in [0.717, 1.165) is 25.9 Å². The van der Waals surface area contributed by atoms with Gasteiger partial charge in [-0.1, -0.05) is 27.2 Å². The van der Waals surface area contributed by atoms with Gasteiger partial charge in [0, 0.05) is 25.3 Å². The first-order valence-electron chi connectivity index (χ1n) is 8.15. The van der Waals surface area contributed by atoms with Crippen LogP contribution >= 0.6 is 0 Å². The average molecular weight is 280 g/mol. The van der Waals surface area contributed by atoms with E-state index in [2.05, 4.69) is 42.1 Å². The third-order valence-electron chi connectivity index (χ3n) is 4.10. The fourth-order valence-corrected chi connectivity index (χ4v) is 2.72. The highest BCUT2D eigenvalue weighted by molar-refractivity contribution is 5.07. The Bertz CT molecular complexity index is 361. The average Bonchev–Trinajstić information content (AvgIpc) is 2.91. The van der Waals surface area contributed by atoms with Gasteiger partial charge in [-0.3, -0.25) is 4.90 Å². The molecule has 0 amide bonds. The molecule has 0 spiro atoms. The summed E-state index contributed by atoms with van der Waals surface area (Å²) in [6, 6.07) is 0.839. The molecule has 116 valence electrons. The number of unbranched alkanes of at least 4 members (excludes halogenated alkanes) is 1. The molecule has 4 nitrogen and oxygen atoms in total. The van der Waals surface area contributed by atoms with Crippen molar-refractivity contribution >= 4 is 0 Å². The molecule has 2 atom stereocenters. The highest BCUT2D eigenvalue weighted by Crippen LogP contribution is 2.24. The molecule has 0 aliphatic heterocycles. The molecule has 1 aromatic rings. The van der Waals surface area contributed by atoms with Crippen LogP contribution in [0.2, 0.25) is 0 Å². The fraction of sp³-hybridized carbons (Fsp3) is 0.812. The Morgan fingerprint density at radius 1 is 1.30 bits per heavy atom. The molecule has 4 heteroatoms. The maximum atomic E-state index is 6.11. The predicted octanol–water partition coefficient (Wildman–Crippen LogP) is 3.19. The number of nitrogens with two attached hydrogens (primary N) is 1. The largest absolute Gasteiger partial charge is 0.333 e. The van der Waals surface area contributed by atoms with Crippen molar-refractivity contribution in [2.24, 2.45) is 5.73 Å². The minimum absolute atomic E-state index is 0.283. The van der Waals surface area contributed by atoms with E-state index in [1.165, 1.54) is 18.5 Å². The summed E-state index contributed by atoms with van der Waals surface area (Å²) >= 11 is 0. The summed E-state index contributed by atoms with van der Waals surface area (Å²) in [6.07, 6.45) is 8.66. The van der Waals surface area contributed by atoms with Gasteiger partial charge in [-0.2, -0.15) is 0 Å². The van der Waals surface area contributed by atoms with Crippen molar-refractivity contribution in [3.63, 3.8) is 0 Å². The van der Waals surface area contributed by atoms with Crippen LogP contribution < -0.4 is 5.73 Å². The standard InChI is InChI=1S/C16H32N4/c1-5-8-10-20(14(4)7-3)15(11-17)16-12-18-13-19(16)9-6-2/h12-15H,5-11,17H2,1-4H3. The van der Waals surface area contributed by atoms with Gasteiger partial charge in [0.15, 0.2) is 0 Å². The summed E-state index contributed by atoms with van der Waals surface area (Å²) in [4.78, 5) is 6.90. The Balaban J connectivity index is 2.95. The van der Waals surface area contributed by atoms with Crippen LogP contribution in [-0.2, 0) is 6.54 Å². The smallest absolute Gasteiger partial charge is 0.0948 e. The van der Waals surface area contributed by atoms with Crippen LogP contribution in [0.15, 0.2) is 12.5 Å². The van der Waals surface area contributed by atoms with Gasteiger partial charge in [-0.15, -0.1) is 0 Å². The Morgan fingerprint density at radius 3 is 2.60 bits per heavy atom. The number of hydrogen-bond donors (Lipinski definition) is 1. The molecule has 0 fully saturated rings. The zero-order valence-corrected chi connectivity index (χ0v) is 13.7. The van der Waals surface area contributed by atoms with Gasteiger partial charge in [0.25, 0.3) is 0 Å². The number of nitrogens with zero attached hydrogens (tertiary/aromatic N) is 3. The highest BCUT2D eigenvalue weighted by Gasteiger charge is 2.25. The van der Waals surface area contributed by atoms with Crippen LogP contribution in [0.4, 0.5) is 0 Å².